The van der Waals surface area contributed by atoms with Crippen LogP contribution in [0.4, 0.5) is 10.1 Å². The maximum atomic E-state index is 13.7. The van der Waals surface area contributed by atoms with Crippen molar-refractivity contribution in [2.45, 2.75) is 6.04 Å². The summed E-state index contributed by atoms with van der Waals surface area (Å²) in [5, 5.41) is 3.29. The summed E-state index contributed by atoms with van der Waals surface area (Å²) >= 11 is 0. The number of benzene rings is 2. The largest absolute Gasteiger partial charge is 0.489 e. The Morgan fingerprint density at radius 1 is 1.06 bits per heavy atom. The average molecular weight is 229 g/mol. The monoisotopic (exact) mass is 229 g/mol. The summed E-state index contributed by atoms with van der Waals surface area (Å²) in [5.74, 6) is 0.619. The fourth-order valence-corrected chi connectivity index (χ4v) is 2.04. The van der Waals surface area contributed by atoms with Gasteiger partial charge in [0.1, 0.15) is 18.2 Å². The normalized spacial score (nSPS) is 17.8. The first-order valence-corrected chi connectivity index (χ1v) is 5.57. The van der Waals surface area contributed by atoms with E-state index >= 15 is 0 Å². The van der Waals surface area contributed by atoms with E-state index in [9.17, 15) is 4.39 Å². The molecule has 2 aromatic carbocycles. The second-order valence-electron chi connectivity index (χ2n) is 4.03. The molecule has 0 aromatic heterocycles. The van der Waals surface area contributed by atoms with Crippen LogP contribution in [0.15, 0.2) is 48.5 Å². The standard InChI is InChI=1S/C14H12FNO/c15-11-6-2-1-5-10(11)13-9-17-14-8-4-3-7-12(14)16-13/h1-8,13,16H,9H2. The predicted octanol–water partition coefficient (Wildman–Crippen LogP) is 3.37. The van der Waals surface area contributed by atoms with Crippen LogP contribution in [-0.4, -0.2) is 6.61 Å². The molecule has 0 fully saturated rings. The van der Waals surface area contributed by atoms with Gasteiger partial charge in [0.05, 0.1) is 11.7 Å². The smallest absolute Gasteiger partial charge is 0.142 e. The molecule has 1 N–H and O–H groups in total. The molecular weight excluding hydrogens is 217 g/mol. The molecule has 2 aromatic rings. The first-order valence-electron chi connectivity index (χ1n) is 5.57. The third-order valence-corrected chi connectivity index (χ3v) is 2.90. The van der Waals surface area contributed by atoms with Crippen molar-refractivity contribution in [2.75, 3.05) is 11.9 Å². The van der Waals surface area contributed by atoms with E-state index in [1.165, 1.54) is 6.07 Å². The van der Waals surface area contributed by atoms with E-state index in [1.54, 1.807) is 12.1 Å². The lowest BCUT2D eigenvalue weighted by Gasteiger charge is -2.27. The number of ether oxygens (including phenoxy) is 1. The second kappa shape index (κ2) is 4.09. The summed E-state index contributed by atoms with van der Waals surface area (Å²) in [4.78, 5) is 0. The molecule has 0 spiro atoms. The number of hydrogen-bond acceptors (Lipinski definition) is 2. The first kappa shape index (κ1) is 10.1. The minimum Gasteiger partial charge on any atom is -0.489 e. The third kappa shape index (κ3) is 1.84. The van der Waals surface area contributed by atoms with Gasteiger partial charge in [-0.05, 0) is 18.2 Å². The second-order valence-corrected chi connectivity index (χ2v) is 4.03. The van der Waals surface area contributed by atoms with E-state index in [-0.39, 0.29) is 11.9 Å². The molecule has 3 rings (SSSR count). The molecule has 1 atom stereocenters. The molecule has 0 bridgehead atoms. The quantitative estimate of drug-likeness (QED) is 0.809. The Labute approximate surface area is 99.0 Å². The van der Waals surface area contributed by atoms with E-state index in [1.807, 2.05) is 30.3 Å². The van der Waals surface area contributed by atoms with Gasteiger partial charge in [-0.2, -0.15) is 0 Å². The zero-order valence-electron chi connectivity index (χ0n) is 9.19. The third-order valence-electron chi connectivity index (χ3n) is 2.90. The van der Waals surface area contributed by atoms with E-state index in [4.69, 9.17) is 4.74 Å². The molecule has 0 amide bonds. The van der Waals surface area contributed by atoms with Gasteiger partial charge in [-0.1, -0.05) is 30.3 Å². The Balaban J connectivity index is 1.92. The van der Waals surface area contributed by atoms with Crippen LogP contribution in [0.25, 0.3) is 0 Å². The molecule has 0 saturated heterocycles. The number of fused-ring (bicyclic) bond motifs is 1. The molecular formula is C14H12FNO. The lowest BCUT2D eigenvalue weighted by molar-refractivity contribution is 0.284. The highest BCUT2D eigenvalue weighted by atomic mass is 19.1. The van der Waals surface area contributed by atoms with E-state index in [2.05, 4.69) is 5.32 Å². The van der Waals surface area contributed by atoms with Crippen LogP contribution in [-0.2, 0) is 0 Å². The van der Waals surface area contributed by atoms with Crippen molar-refractivity contribution in [2.24, 2.45) is 0 Å². The van der Waals surface area contributed by atoms with Crippen LogP contribution in [0.3, 0.4) is 0 Å². The SMILES string of the molecule is Fc1ccccc1C1COc2ccccc2N1. The minimum absolute atomic E-state index is 0.133. The lowest BCUT2D eigenvalue weighted by Crippen LogP contribution is -2.24. The summed E-state index contributed by atoms with van der Waals surface area (Å²) in [6.07, 6.45) is 0. The van der Waals surface area contributed by atoms with Gasteiger partial charge >= 0.3 is 0 Å². The van der Waals surface area contributed by atoms with Crippen LogP contribution >= 0.6 is 0 Å². The molecule has 0 radical (unpaired) electrons. The van der Waals surface area contributed by atoms with Gasteiger partial charge in [0, 0.05) is 5.56 Å². The molecule has 0 aliphatic carbocycles. The summed E-state index contributed by atoms with van der Waals surface area (Å²) in [6, 6.07) is 14.3. The predicted molar refractivity (Wildman–Crippen MR) is 64.7 cm³/mol. The van der Waals surface area contributed by atoms with Crippen molar-refractivity contribution in [1.29, 1.82) is 0 Å². The fraction of sp³-hybridized carbons (Fsp3) is 0.143. The molecule has 86 valence electrons. The van der Waals surface area contributed by atoms with Gasteiger partial charge in [-0.3, -0.25) is 0 Å². The average Bonchev–Trinajstić information content (AvgIpc) is 2.39. The number of halogens is 1. The first-order chi connectivity index (χ1) is 8.34. The van der Waals surface area contributed by atoms with E-state index in [0.29, 0.717) is 12.2 Å². The van der Waals surface area contributed by atoms with Gasteiger partial charge in [-0.15, -0.1) is 0 Å². The highest BCUT2D eigenvalue weighted by molar-refractivity contribution is 5.59. The number of rotatable bonds is 1. The lowest BCUT2D eigenvalue weighted by atomic mass is 10.1. The Morgan fingerprint density at radius 2 is 1.82 bits per heavy atom. The minimum atomic E-state index is -0.201. The number of para-hydroxylation sites is 2. The highest BCUT2D eigenvalue weighted by Gasteiger charge is 2.21. The molecule has 2 nitrogen and oxygen atoms in total. The molecule has 17 heavy (non-hydrogen) atoms. The van der Waals surface area contributed by atoms with Crippen molar-refractivity contribution in [3.8, 4) is 5.75 Å². The van der Waals surface area contributed by atoms with Crippen molar-refractivity contribution < 1.29 is 9.13 Å². The number of hydrogen-bond donors (Lipinski definition) is 1. The Morgan fingerprint density at radius 3 is 2.71 bits per heavy atom. The summed E-state index contributed by atoms with van der Waals surface area (Å²) in [7, 11) is 0. The Bertz CT molecular complexity index is 541. The van der Waals surface area contributed by atoms with Gasteiger partial charge in [-0.25, -0.2) is 4.39 Å². The maximum absolute atomic E-state index is 13.7. The summed E-state index contributed by atoms with van der Waals surface area (Å²) in [5.41, 5.74) is 1.55. The molecule has 3 heteroatoms. The van der Waals surface area contributed by atoms with Gasteiger partial charge < -0.3 is 10.1 Å². The molecule has 1 aliphatic rings. The van der Waals surface area contributed by atoms with Crippen LogP contribution < -0.4 is 10.1 Å². The van der Waals surface area contributed by atoms with Gasteiger partial charge in [0.15, 0.2) is 0 Å². The number of nitrogens with one attached hydrogen (secondary N) is 1. The molecule has 1 unspecified atom stereocenters. The zero-order valence-corrected chi connectivity index (χ0v) is 9.19. The van der Waals surface area contributed by atoms with Crippen LogP contribution in [0.1, 0.15) is 11.6 Å². The Kier molecular flexibility index (Phi) is 2.44. The van der Waals surface area contributed by atoms with Gasteiger partial charge in [0.25, 0.3) is 0 Å². The fourth-order valence-electron chi connectivity index (χ4n) is 2.04. The molecule has 1 heterocycles. The van der Waals surface area contributed by atoms with Gasteiger partial charge in [0.2, 0.25) is 0 Å². The molecule has 1 aliphatic heterocycles. The van der Waals surface area contributed by atoms with Crippen molar-refractivity contribution in [3.63, 3.8) is 0 Å². The molecule has 0 saturated carbocycles. The van der Waals surface area contributed by atoms with Crippen molar-refractivity contribution in [1.82, 2.24) is 0 Å². The maximum Gasteiger partial charge on any atom is 0.142 e. The van der Waals surface area contributed by atoms with E-state index < -0.39 is 0 Å². The Hall–Kier alpha value is -2.03. The van der Waals surface area contributed by atoms with Crippen LogP contribution in [0, 0.1) is 5.82 Å². The topological polar surface area (TPSA) is 21.3 Å². The van der Waals surface area contributed by atoms with Crippen LogP contribution in [0.5, 0.6) is 5.75 Å². The van der Waals surface area contributed by atoms with Crippen molar-refractivity contribution in [3.05, 3.63) is 59.9 Å². The van der Waals surface area contributed by atoms with Crippen LogP contribution in [0.2, 0.25) is 0 Å². The zero-order chi connectivity index (χ0) is 11.7. The summed E-state index contributed by atoms with van der Waals surface area (Å²) < 4.78 is 19.3. The van der Waals surface area contributed by atoms with E-state index in [0.717, 1.165) is 11.4 Å². The summed E-state index contributed by atoms with van der Waals surface area (Å²) in [6.45, 7) is 0.442. The van der Waals surface area contributed by atoms with Crippen molar-refractivity contribution >= 4 is 5.69 Å². The highest BCUT2D eigenvalue weighted by Crippen LogP contribution is 2.33. The number of anilines is 1.